The molecular formula is C25H32Cl2N2O3. The zero-order valence-electron chi connectivity index (χ0n) is 19.2. The van der Waals surface area contributed by atoms with Crippen LogP contribution in [0.15, 0.2) is 42.5 Å². The molecule has 32 heavy (non-hydrogen) atoms. The van der Waals surface area contributed by atoms with E-state index in [9.17, 15) is 9.59 Å². The molecule has 7 heteroatoms. The van der Waals surface area contributed by atoms with Crippen LogP contribution < -0.4 is 10.1 Å². The number of benzene rings is 2. The van der Waals surface area contributed by atoms with E-state index in [4.69, 9.17) is 27.9 Å². The number of nitrogens with one attached hydrogen (secondary N) is 1. The molecule has 0 fully saturated rings. The minimum Gasteiger partial charge on any atom is -0.484 e. The van der Waals surface area contributed by atoms with Gasteiger partial charge in [-0.05, 0) is 61.6 Å². The van der Waals surface area contributed by atoms with Gasteiger partial charge in [0, 0.05) is 12.6 Å². The lowest BCUT2D eigenvalue weighted by Crippen LogP contribution is -2.51. The number of halogens is 2. The van der Waals surface area contributed by atoms with Crippen LogP contribution in [0.25, 0.3) is 0 Å². The van der Waals surface area contributed by atoms with Crippen LogP contribution >= 0.6 is 23.2 Å². The van der Waals surface area contributed by atoms with E-state index in [1.807, 2.05) is 45.0 Å². The van der Waals surface area contributed by atoms with Crippen molar-refractivity contribution in [1.29, 1.82) is 0 Å². The summed E-state index contributed by atoms with van der Waals surface area (Å²) >= 11 is 12.2. The Morgan fingerprint density at radius 2 is 1.62 bits per heavy atom. The fourth-order valence-corrected chi connectivity index (χ4v) is 3.57. The van der Waals surface area contributed by atoms with Crippen LogP contribution in [0.4, 0.5) is 0 Å². The second kappa shape index (κ2) is 12.7. The Morgan fingerprint density at radius 1 is 0.969 bits per heavy atom. The quantitative estimate of drug-likeness (QED) is 0.453. The number of carbonyl (C=O) groups is 2. The lowest BCUT2D eigenvalue weighted by Gasteiger charge is -2.31. The summed E-state index contributed by atoms with van der Waals surface area (Å²) in [5.41, 5.74) is 1.98. The third-order valence-electron chi connectivity index (χ3n) is 5.42. The van der Waals surface area contributed by atoms with E-state index < -0.39 is 6.04 Å². The highest BCUT2D eigenvalue weighted by Gasteiger charge is 2.29. The number of carbonyl (C=O) groups excluding carboxylic acids is 2. The first-order valence-corrected chi connectivity index (χ1v) is 11.8. The Balaban J connectivity index is 2.22. The van der Waals surface area contributed by atoms with Crippen molar-refractivity contribution in [3.05, 3.63) is 63.6 Å². The van der Waals surface area contributed by atoms with Crippen molar-refractivity contribution in [3.8, 4) is 5.75 Å². The summed E-state index contributed by atoms with van der Waals surface area (Å²) in [6, 6.07) is 12.2. The van der Waals surface area contributed by atoms with Gasteiger partial charge in [0.15, 0.2) is 6.61 Å². The number of hydrogen-bond acceptors (Lipinski definition) is 3. The first-order chi connectivity index (χ1) is 15.3. The zero-order valence-corrected chi connectivity index (χ0v) is 20.7. The molecule has 0 unspecified atom stereocenters. The summed E-state index contributed by atoms with van der Waals surface area (Å²) in [5, 5.41) is 3.83. The Labute approximate surface area is 201 Å². The zero-order chi connectivity index (χ0) is 23.7. The van der Waals surface area contributed by atoms with Crippen LogP contribution in [0.5, 0.6) is 5.75 Å². The maximum absolute atomic E-state index is 13.2. The fraction of sp³-hybridized carbons (Fsp3) is 0.440. The van der Waals surface area contributed by atoms with E-state index in [0.29, 0.717) is 22.2 Å². The van der Waals surface area contributed by atoms with Crippen LogP contribution in [0.2, 0.25) is 10.0 Å². The molecule has 1 N–H and O–H groups in total. The summed E-state index contributed by atoms with van der Waals surface area (Å²) in [6.45, 7) is 7.97. The SMILES string of the molecule is CCc1ccc(OCC(=O)N(Cc2ccc(Cl)c(Cl)c2)[C@@H](CC)C(=O)N[C@H](C)CC)cc1. The largest absolute Gasteiger partial charge is 0.484 e. The molecule has 0 radical (unpaired) electrons. The smallest absolute Gasteiger partial charge is 0.261 e. The number of hydrogen-bond donors (Lipinski definition) is 1. The summed E-state index contributed by atoms with van der Waals surface area (Å²) in [7, 11) is 0. The third kappa shape index (κ3) is 7.42. The molecule has 174 valence electrons. The maximum atomic E-state index is 13.2. The van der Waals surface area contributed by atoms with E-state index in [-0.39, 0.29) is 31.0 Å². The van der Waals surface area contributed by atoms with Gasteiger partial charge in [-0.3, -0.25) is 9.59 Å². The predicted octanol–water partition coefficient (Wildman–Crippen LogP) is 5.66. The molecule has 0 spiro atoms. The van der Waals surface area contributed by atoms with E-state index in [2.05, 4.69) is 12.2 Å². The van der Waals surface area contributed by atoms with E-state index >= 15 is 0 Å². The number of aryl methyl sites for hydroxylation is 1. The minimum absolute atomic E-state index is 0.0202. The average molecular weight is 479 g/mol. The Morgan fingerprint density at radius 3 is 2.19 bits per heavy atom. The van der Waals surface area contributed by atoms with Gasteiger partial charge in [0.05, 0.1) is 10.0 Å². The summed E-state index contributed by atoms with van der Waals surface area (Å²) in [6.07, 6.45) is 2.21. The standard InChI is InChI=1S/C25H32Cl2N2O3/c1-5-17(4)28-25(31)23(7-3)29(15-19-10-13-21(26)22(27)14-19)24(30)16-32-20-11-8-18(6-2)9-12-20/h8-14,17,23H,5-7,15-16H2,1-4H3,(H,28,31)/t17-,23+/m1/s1. The van der Waals surface area contributed by atoms with E-state index in [1.54, 1.807) is 23.1 Å². The second-order valence-electron chi connectivity index (χ2n) is 7.80. The highest BCUT2D eigenvalue weighted by atomic mass is 35.5. The first-order valence-electron chi connectivity index (χ1n) is 11.0. The van der Waals surface area contributed by atoms with Gasteiger partial charge in [-0.1, -0.05) is 62.2 Å². The lowest BCUT2D eigenvalue weighted by atomic mass is 10.1. The molecule has 0 heterocycles. The molecule has 0 aliphatic heterocycles. The molecule has 2 atom stereocenters. The molecule has 2 amide bonds. The van der Waals surface area contributed by atoms with Crippen molar-refractivity contribution in [2.45, 2.75) is 65.6 Å². The molecule has 0 bridgehead atoms. The third-order valence-corrected chi connectivity index (χ3v) is 6.16. The van der Waals surface area contributed by atoms with Crippen LogP contribution in [0.3, 0.4) is 0 Å². The molecule has 2 aromatic rings. The van der Waals surface area contributed by atoms with Gasteiger partial charge in [0.25, 0.3) is 5.91 Å². The molecule has 0 saturated heterocycles. The highest BCUT2D eigenvalue weighted by molar-refractivity contribution is 6.42. The van der Waals surface area contributed by atoms with Crippen molar-refractivity contribution < 1.29 is 14.3 Å². The van der Waals surface area contributed by atoms with Gasteiger partial charge in [-0.2, -0.15) is 0 Å². The molecule has 0 aliphatic rings. The Kier molecular flexibility index (Phi) is 10.3. The summed E-state index contributed by atoms with van der Waals surface area (Å²) in [5.74, 6) is 0.159. The molecule has 2 rings (SSSR count). The van der Waals surface area contributed by atoms with Crippen molar-refractivity contribution >= 4 is 35.0 Å². The molecule has 5 nitrogen and oxygen atoms in total. The normalized spacial score (nSPS) is 12.7. The highest BCUT2D eigenvalue weighted by Crippen LogP contribution is 2.24. The van der Waals surface area contributed by atoms with Gasteiger partial charge in [-0.25, -0.2) is 0 Å². The second-order valence-corrected chi connectivity index (χ2v) is 8.61. The van der Waals surface area contributed by atoms with Crippen molar-refractivity contribution in [3.63, 3.8) is 0 Å². The van der Waals surface area contributed by atoms with E-state index in [1.165, 1.54) is 5.56 Å². The van der Waals surface area contributed by atoms with Crippen LogP contribution in [-0.4, -0.2) is 35.4 Å². The monoisotopic (exact) mass is 478 g/mol. The van der Waals surface area contributed by atoms with Crippen LogP contribution in [-0.2, 0) is 22.6 Å². The maximum Gasteiger partial charge on any atom is 0.261 e. The minimum atomic E-state index is -0.628. The van der Waals surface area contributed by atoms with Crippen LogP contribution in [0.1, 0.15) is 51.7 Å². The number of rotatable bonds is 11. The van der Waals surface area contributed by atoms with Gasteiger partial charge in [0.1, 0.15) is 11.8 Å². The lowest BCUT2D eigenvalue weighted by molar-refractivity contribution is -0.143. The van der Waals surface area contributed by atoms with Gasteiger partial charge in [0.2, 0.25) is 5.91 Å². The molecule has 0 saturated carbocycles. The van der Waals surface area contributed by atoms with Crippen molar-refractivity contribution in [2.24, 2.45) is 0 Å². The predicted molar refractivity (Wildman–Crippen MR) is 130 cm³/mol. The first kappa shape index (κ1) is 26.0. The topological polar surface area (TPSA) is 58.6 Å². The van der Waals surface area contributed by atoms with Gasteiger partial charge >= 0.3 is 0 Å². The van der Waals surface area contributed by atoms with Crippen molar-refractivity contribution in [1.82, 2.24) is 10.2 Å². The number of amides is 2. The van der Waals surface area contributed by atoms with Gasteiger partial charge < -0.3 is 15.0 Å². The Bertz CT molecular complexity index is 903. The number of ether oxygens (including phenoxy) is 1. The molecule has 0 aliphatic carbocycles. The molecular weight excluding hydrogens is 447 g/mol. The average Bonchev–Trinajstić information content (AvgIpc) is 2.79. The molecule has 0 aromatic heterocycles. The summed E-state index contributed by atoms with van der Waals surface area (Å²) in [4.78, 5) is 27.7. The summed E-state index contributed by atoms with van der Waals surface area (Å²) < 4.78 is 5.74. The fourth-order valence-electron chi connectivity index (χ4n) is 3.24. The molecule has 2 aromatic carbocycles. The van der Waals surface area contributed by atoms with E-state index in [0.717, 1.165) is 18.4 Å². The van der Waals surface area contributed by atoms with Gasteiger partial charge in [-0.15, -0.1) is 0 Å². The van der Waals surface area contributed by atoms with Crippen molar-refractivity contribution in [2.75, 3.05) is 6.61 Å². The Hall–Kier alpha value is -2.24. The van der Waals surface area contributed by atoms with Crippen LogP contribution in [0, 0.1) is 0 Å². The number of nitrogens with zero attached hydrogens (tertiary/aromatic N) is 1.